The number of amides is 1. The van der Waals surface area contributed by atoms with Crippen LogP contribution < -0.4 is 10.1 Å². The van der Waals surface area contributed by atoms with Crippen LogP contribution in [0.4, 0.5) is 11.4 Å². The van der Waals surface area contributed by atoms with Crippen molar-refractivity contribution in [2.45, 2.75) is 5.75 Å². The first-order chi connectivity index (χ1) is 12.0. The normalized spacial score (nSPS) is 9.92. The minimum absolute atomic E-state index is 0.134. The fourth-order valence-electron chi connectivity index (χ4n) is 2.02. The van der Waals surface area contributed by atoms with Gasteiger partial charge < -0.3 is 10.1 Å². The van der Waals surface area contributed by atoms with E-state index in [1.54, 1.807) is 18.2 Å². The molecule has 1 amide bonds. The second-order valence-electron chi connectivity index (χ2n) is 4.99. The van der Waals surface area contributed by atoms with Crippen LogP contribution in [-0.4, -0.2) is 23.7 Å². The van der Waals surface area contributed by atoms with Crippen molar-refractivity contribution in [1.82, 2.24) is 0 Å². The number of benzene rings is 2. The number of thioether (sulfide) groups is 1. The largest absolute Gasteiger partial charge is 0.496 e. The van der Waals surface area contributed by atoms with Gasteiger partial charge in [0.05, 0.1) is 35.5 Å². The third-order valence-corrected chi connectivity index (χ3v) is 4.26. The predicted octanol–water partition coefficient (Wildman–Crippen LogP) is 3.35. The van der Waals surface area contributed by atoms with E-state index in [1.165, 1.54) is 31.0 Å². The van der Waals surface area contributed by atoms with Gasteiger partial charge >= 0.3 is 0 Å². The van der Waals surface area contributed by atoms with Crippen LogP contribution in [0.1, 0.15) is 11.1 Å². The summed E-state index contributed by atoms with van der Waals surface area (Å²) >= 11 is 1.38. The van der Waals surface area contributed by atoms with Gasteiger partial charge in [0.25, 0.3) is 5.69 Å². The summed E-state index contributed by atoms with van der Waals surface area (Å²) in [5, 5.41) is 22.4. The van der Waals surface area contributed by atoms with E-state index in [1.807, 2.05) is 18.2 Å². The van der Waals surface area contributed by atoms with Crippen molar-refractivity contribution < 1.29 is 14.5 Å². The Balaban J connectivity index is 1.91. The number of rotatable bonds is 7. The second kappa shape index (κ2) is 8.70. The van der Waals surface area contributed by atoms with Crippen LogP contribution in [-0.2, 0) is 10.5 Å². The van der Waals surface area contributed by atoms with Crippen LogP contribution in [0.2, 0.25) is 0 Å². The Bertz CT molecular complexity index is 816. The number of methoxy groups -OCH3 is 1. The number of nitro benzene ring substituents is 1. The lowest BCUT2D eigenvalue weighted by Gasteiger charge is -2.07. The maximum absolute atomic E-state index is 12.0. The summed E-state index contributed by atoms with van der Waals surface area (Å²) in [6.07, 6.45) is 0. The minimum Gasteiger partial charge on any atom is -0.496 e. The summed E-state index contributed by atoms with van der Waals surface area (Å²) in [6, 6.07) is 13.4. The number of nitrogens with zero attached hydrogens (tertiary/aromatic N) is 2. The van der Waals surface area contributed by atoms with Gasteiger partial charge in [-0.25, -0.2) is 0 Å². The van der Waals surface area contributed by atoms with Crippen LogP contribution >= 0.6 is 11.8 Å². The molecule has 0 aliphatic heterocycles. The molecule has 2 aromatic carbocycles. The molecule has 0 aliphatic carbocycles. The van der Waals surface area contributed by atoms with Crippen molar-refractivity contribution in [2.75, 3.05) is 18.2 Å². The fraction of sp³-hybridized carbons (Fsp3) is 0.176. The Morgan fingerprint density at radius 1 is 1.32 bits per heavy atom. The Morgan fingerprint density at radius 3 is 2.64 bits per heavy atom. The lowest BCUT2D eigenvalue weighted by atomic mass is 10.2. The van der Waals surface area contributed by atoms with Crippen molar-refractivity contribution in [3.8, 4) is 11.8 Å². The van der Waals surface area contributed by atoms with Crippen molar-refractivity contribution in [2.24, 2.45) is 0 Å². The third kappa shape index (κ3) is 5.22. The smallest absolute Gasteiger partial charge is 0.296 e. The van der Waals surface area contributed by atoms with Crippen LogP contribution in [0.5, 0.6) is 5.75 Å². The molecule has 25 heavy (non-hydrogen) atoms. The summed E-state index contributed by atoms with van der Waals surface area (Å²) in [6.45, 7) is 0. The van der Waals surface area contributed by atoms with Gasteiger partial charge in [0.2, 0.25) is 5.91 Å². The molecule has 0 spiro atoms. The zero-order valence-electron chi connectivity index (χ0n) is 13.4. The van der Waals surface area contributed by atoms with Gasteiger partial charge in [0.1, 0.15) is 11.4 Å². The molecule has 2 rings (SSSR count). The van der Waals surface area contributed by atoms with Gasteiger partial charge in [-0.05, 0) is 29.8 Å². The second-order valence-corrected chi connectivity index (χ2v) is 5.98. The Labute approximate surface area is 148 Å². The maximum atomic E-state index is 12.0. The Morgan fingerprint density at radius 2 is 2.04 bits per heavy atom. The quantitative estimate of drug-likeness (QED) is 0.602. The highest BCUT2D eigenvalue weighted by atomic mass is 32.2. The molecule has 0 aliphatic rings. The number of carbonyl (C=O) groups excluding carboxylic acids is 1. The van der Waals surface area contributed by atoms with E-state index < -0.39 is 4.92 Å². The minimum atomic E-state index is -0.567. The molecule has 2 aromatic rings. The third-order valence-electron chi connectivity index (χ3n) is 3.26. The van der Waals surface area contributed by atoms with Crippen LogP contribution in [0.3, 0.4) is 0 Å². The Kier molecular flexibility index (Phi) is 6.37. The van der Waals surface area contributed by atoms with Gasteiger partial charge in [0.15, 0.2) is 0 Å². The zero-order valence-corrected chi connectivity index (χ0v) is 14.2. The highest BCUT2D eigenvalue weighted by Gasteiger charge is 2.17. The number of nitrogens with one attached hydrogen (secondary N) is 1. The van der Waals surface area contributed by atoms with Crippen molar-refractivity contribution >= 4 is 29.0 Å². The number of ether oxygens (including phenoxy) is 1. The first kappa shape index (κ1) is 18.3. The van der Waals surface area contributed by atoms with E-state index >= 15 is 0 Å². The average Bonchev–Trinajstić information content (AvgIpc) is 2.62. The molecule has 0 saturated carbocycles. The predicted molar refractivity (Wildman–Crippen MR) is 95.6 cm³/mol. The topological polar surface area (TPSA) is 105 Å². The van der Waals surface area contributed by atoms with Crippen LogP contribution in [0.25, 0.3) is 0 Å². The molecule has 8 heteroatoms. The fourth-order valence-corrected chi connectivity index (χ4v) is 2.81. The zero-order chi connectivity index (χ0) is 18.2. The lowest BCUT2D eigenvalue weighted by Crippen LogP contribution is -2.15. The van der Waals surface area contributed by atoms with Gasteiger partial charge in [-0.3, -0.25) is 14.9 Å². The number of hydrogen-bond donors (Lipinski definition) is 1. The number of carbonyl (C=O) groups is 1. The van der Waals surface area contributed by atoms with Crippen LogP contribution in [0, 0.1) is 21.4 Å². The number of nitro groups is 1. The summed E-state index contributed by atoms with van der Waals surface area (Å²) in [5.41, 5.74) is 1.49. The van der Waals surface area contributed by atoms with E-state index in [0.717, 1.165) is 5.56 Å². The van der Waals surface area contributed by atoms with E-state index in [-0.39, 0.29) is 23.0 Å². The average molecular weight is 357 g/mol. The summed E-state index contributed by atoms with van der Waals surface area (Å²) in [5.74, 6) is 0.777. The molecule has 0 fully saturated rings. The molecule has 0 radical (unpaired) electrons. The first-order valence-electron chi connectivity index (χ1n) is 7.22. The lowest BCUT2D eigenvalue weighted by molar-refractivity contribution is -0.384. The number of anilines is 1. The summed E-state index contributed by atoms with van der Waals surface area (Å²) in [7, 11) is 1.41. The van der Waals surface area contributed by atoms with E-state index in [9.17, 15) is 14.9 Å². The molecule has 0 aromatic heterocycles. The van der Waals surface area contributed by atoms with Crippen molar-refractivity contribution in [3.05, 3.63) is 63.7 Å². The molecular formula is C17H15N3O4S. The molecule has 0 atom stereocenters. The van der Waals surface area contributed by atoms with E-state index in [0.29, 0.717) is 17.1 Å². The molecule has 0 unspecified atom stereocenters. The molecule has 0 bridgehead atoms. The van der Waals surface area contributed by atoms with Gasteiger partial charge in [-0.1, -0.05) is 12.1 Å². The van der Waals surface area contributed by atoms with Gasteiger partial charge in [-0.2, -0.15) is 5.26 Å². The molecule has 0 saturated heterocycles. The number of nitriles is 1. The Hall–Kier alpha value is -3.05. The van der Waals surface area contributed by atoms with Gasteiger partial charge in [-0.15, -0.1) is 11.8 Å². The summed E-state index contributed by atoms with van der Waals surface area (Å²) in [4.78, 5) is 22.5. The highest BCUT2D eigenvalue weighted by molar-refractivity contribution is 7.99. The monoisotopic (exact) mass is 357 g/mol. The van der Waals surface area contributed by atoms with E-state index in [4.69, 9.17) is 10.00 Å². The highest BCUT2D eigenvalue weighted by Crippen LogP contribution is 2.29. The molecular weight excluding hydrogens is 342 g/mol. The number of hydrogen-bond acceptors (Lipinski definition) is 6. The standard InChI is InChI=1S/C17H15N3O4S/c1-24-14-6-7-15(16(8-14)20(22)23)19-17(21)11-25-10-13-4-2-12(9-18)3-5-13/h2-8H,10-11H2,1H3,(H,19,21). The maximum Gasteiger partial charge on any atom is 0.296 e. The molecule has 128 valence electrons. The van der Waals surface area contributed by atoms with Crippen molar-refractivity contribution in [1.29, 1.82) is 5.26 Å². The van der Waals surface area contributed by atoms with E-state index in [2.05, 4.69) is 5.32 Å². The molecule has 7 nitrogen and oxygen atoms in total. The molecule has 0 heterocycles. The SMILES string of the molecule is COc1ccc(NC(=O)CSCc2ccc(C#N)cc2)c([N+](=O)[O-])c1. The van der Waals surface area contributed by atoms with Crippen molar-refractivity contribution in [3.63, 3.8) is 0 Å². The summed E-state index contributed by atoms with van der Waals surface area (Å²) < 4.78 is 4.95. The van der Waals surface area contributed by atoms with Crippen LogP contribution in [0.15, 0.2) is 42.5 Å². The van der Waals surface area contributed by atoms with Gasteiger partial charge in [0, 0.05) is 5.75 Å². The first-order valence-corrected chi connectivity index (χ1v) is 8.38. The molecule has 1 N–H and O–H groups in total.